The molecule has 6 heteroatoms. The highest BCUT2D eigenvalue weighted by Crippen LogP contribution is 2.21. The quantitative estimate of drug-likeness (QED) is 0.815. The summed E-state index contributed by atoms with van der Waals surface area (Å²) in [5.74, 6) is 0.303. The van der Waals surface area contributed by atoms with Crippen molar-refractivity contribution in [1.82, 2.24) is 10.6 Å². The second kappa shape index (κ2) is 8.50. The molecule has 0 aliphatic carbocycles. The zero-order valence-electron chi connectivity index (χ0n) is 12.6. The summed E-state index contributed by atoms with van der Waals surface area (Å²) in [5, 5.41) is 6.46. The average Bonchev–Trinajstić information content (AvgIpc) is 2.53. The Labute approximate surface area is 145 Å². The van der Waals surface area contributed by atoms with E-state index in [1.54, 1.807) is 18.2 Å². The lowest BCUT2D eigenvalue weighted by molar-refractivity contribution is -0.121. The van der Waals surface area contributed by atoms with Crippen LogP contribution >= 0.6 is 23.8 Å². The first-order valence-corrected chi connectivity index (χ1v) is 7.84. The first-order chi connectivity index (χ1) is 11.0. The van der Waals surface area contributed by atoms with Crippen molar-refractivity contribution in [2.75, 3.05) is 6.61 Å². The lowest BCUT2D eigenvalue weighted by Crippen LogP contribution is -2.41. The van der Waals surface area contributed by atoms with Crippen LogP contribution in [0.25, 0.3) is 0 Å². The van der Waals surface area contributed by atoms with Crippen molar-refractivity contribution in [1.29, 1.82) is 0 Å². The van der Waals surface area contributed by atoms with E-state index in [2.05, 4.69) is 10.6 Å². The fourth-order valence-corrected chi connectivity index (χ4v) is 2.32. The van der Waals surface area contributed by atoms with Gasteiger partial charge in [-0.25, -0.2) is 0 Å². The van der Waals surface area contributed by atoms with E-state index >= 15 is 0 Å². The molecule has 0 bridgehead atoms. The molecule has 1 amide bonds. The number of hydrogen-bond acceptors (Lipinski definition) is 3. The fourth-order valence-electron chi connectivity index (χ4n) is 1.90. The van der Waals surface area contributed by atoms with Crippen molar-refractivity contribution in [3.05, 3.63) is 64.7 Å². The van der Waals surface area contributed by atoms with Crippen LogP contribution in [0.3, 0.4) is 0 Å². The number of carbonyl (C=O) groups is 1. The highest BCUT2D eigenvalue weighted by molar-refractivity contribution is 7.80. The van der Waals surface area contributed by atoms with E-state index in [0.717, 1.165) is 11.1 Å². The third-order valence-electron chi connectivity index (χ3n) is 3.04. The maximum absolute atomic E-state index is 11.8. The molecule has 0 spiro atoms. The highest BCUT2D eigenvalue weighted by atomic mass is 35.5. The molecule has 0 unspecified atom stereocenters. The topological polar surface area (TPSA) is 50.4 Å². The van der Waals surface area contributed by atoms with Crippen LogP contribution in [-0.4, -0.2) is 17.6 Å². The molecule has 23 heavy (non-hydrogen) atoms. The predicted octanol–water partition coefficient (Wildman–Crippen LogP) is 3.22. The number of thiocarbonyl (C=S) groups is 1. The number of carbonyl (C=O) groups excluding carboxylic acids is 1. The molecular weight excluding hydrogens is 332 g/mol. The van der Waals surface area contributed by atoms with Crippen molar-refractivity contribution < 1.29 is 9.53 Å². The molecule has 0 saturated heterocycles. The van der Waals surface area contributed by atoms with Crippen LogP contribution in [0, 0.1) is 6.92 Å². The molecule has 0 aromatic heterocycles. The van der Waals surface area contributed by atoms with E-state index in [9.17, 15) is 4.79 Å². The molecule has 0 atom stereocenters. The maximum Gasteiger partial charge on any atom is 0.264 e. The molecule has 2 N–H and O–H groups in total. The van der Waals surface area contributed by atoms with Gasteiger partial charge in [0.05, 0.1) is 0 Å². The van der Waals surface area contributed by atoms with Gasteiger partial charge in [-0.05, 0) is 48.5 Å². The smallest absolute Gasteiger partial charge is 0.264 e. The summed E-state index contributed by atoms with van der Waals surface area (Å²) in [6.07, 6.45) is 0. The van der Waals surface area contributed by atoms with Crippen LogP contribution in [0.15, 0.2) is 48.5 Å². The Morgan fingerprint density at radius 1 is 1.22 bits per heavy atom. The zero-order valence-corrected chi connectivity index (χ0v) is 14.2. The van der Waals surface area contributed by atoms with Gasteiger partial charge in [0.25, 0.3) is 5.91 Å². The van der Waals surface area contributed by atoms with Crippen molar-refractivity contribution >= 4 is 34.8 Å². The summed E-state index contributed by atoms with van der Waals surface area (Å²) in [4.78, 5) is 11.8. The summed E-state index contributed by atoms with van der Waals surface area (Å²) < 4.78 is 5.46. The molecule has 4 nitrogen and oxygen atoms in total. The summed E-state index contributed by atoms with van der Waals surface area (Å²) in [5.41, 5.74) is 1.95. The molecule has 0 aliphatic rings. The van der Waals surface area contributed by atoms with E-state index < -0.39 is 0 Å². The van der Waals surface area contributed by atoms with Gasteiger partial charge in [-0.3, -0.25) is 4.79 Å². The average molecular weight is 349 g/mol. The van der Waals surface area contributed by atoms with Gasteiger partial charge in [0.15, 0.2) is 11.7 Å². The Kier molecular flexibility index (Phi) is 6.38. The Morgan fingerprint density at radius 2 is 1.96 bits per heavy atom. The van der Waals surface area contributed by atoms with E-state index in [0.29, 0.717) is 17.3 Å². The fraction of sp³-hybridized carbons (Fsp3) is 0.176. The number of rotatable bonds is 5. The van der Waals surface area contributed by atoms with Gasteiger partial charge >= 0.3 is 0 Å². The second-order valence-electron chi connectivity index (χ2n) is 4.91. The first kappa shape index (κ1) is 17.2. The maximum atomic E-state index is 11.8. The summed E-state index contributed by atoms with van der Waals surface area (Å²) in [6.45, 7) is 2.30. The highest BCUT2D eigenvalue weighted by Gasteiger charge is 2.07. The number of aryl methyl sites for hydroxylation is 1. The van der Waals surface area contributed by atoms with Crippen LogP contribution in [0.1, 0.15) is 11.1 Å². The molecule has 0 aliphatic heterocycles. The zero-order chi connectivity index (χ0) is 16.7. The lowest BCUT2D eigenvalue weighted by atomic mass is 10.2. The van der Waals surface area contributed by atoms with Crippen LogP contribution in [0.2, 0.25) is 5.02 Å². The third-order valence-corrected chi connectivity index (χ3v) is 3.53. The van der Waals surface area contributed by atoms with Crippen molar-refractivity contribution in [2.24, 2.45) is 0 Å². The van der Waals surface area contributed by atoms with Crippen LogP contribution in [0.5, 0.6) is 5.75 Å². The lowest BCUT2D eigenvalue weighted by Gasteiger charge is -2.11. The molecule has 0 saturated carbocycles. The summed E-state index contributed by atoms with van der Waals surface area (Å²) in [7, 11) is 0. The van der Waals surface area contributed by atoms with Gasteiger partial charge in [0.1, 0.15) is 5.75 Å². The van der Waals surface area contributed by atoms with Crippen LogP contribution in [-0.2, 0) is 11.3 Å². The van der Waals surface area contributed by atoms with E-state index in [1.807, 2.05) is 37.3 Å². The number of halogens is 1. The number of amides is 1. The van der Waals surface area contributed by atoms with Crippen LogP contribution in [0.4, 0.5) is 0 Å². The van der Waals surface area contributed by atoms with E-state index in [4.69, 9.17) is 28.6 Å². The molecule has 2 aromatic carbocycles. The van der Waals surface area contributed by atoms with Gasteiger partial charge in [-0.1, -0.05) is 41.9 Å². The number of benzene rings is 2. The monoisotopic (exact) mass is 348 g/mol. The number of nitrogens with one attached hydrogen (secondary N) is 2. The molecule has 120 valence electrons. The normalized spacial score (nSPS) is 10.0. The van der Waals surface area contributed by atoms with Crippen molar-refractivity contribution in [3.8, 4) is 5.75 Å². The minimum atomic E-state index is -0.315. The Bertz CT molecular complexity index is 692. The molecule has 0 radical (unpaired) electrons. The van der Waals surface area contributed by atoms with Crippen molar-refractivity contribution in [3.63, 3.8) is 0 Å². The minimum Gasteiger partial charge on any atom is -0.483 e. The Hall–Kier alpha value is -2.11. The molecule has 0 heterocycles. The predicted molar refractivity (Wildman–Crippen MR) is 95.7 cm³/mol. The standard InChI is InChI=1S/C17H17ClN2O2S/c1-12-9-14(18)7-8-15(12)22-11-16(21)20-17(23)19-10-13-5-3-2-4-6-13/h2-9H,10-11H2,1H3,(H2,19,20,21,23). The van der Waals surface area contributed by atoms with Gasteiger partial charge in [-0.15, -0.1) is 0 Å². The largest absolute Gasteiger partial charge is 0.483 e. The van der Waals surface area contributed by atoms with Crippen molar-refractivity contribution in [2.45, 2.75) is 13.5 Å². The number of ether oxygens (including phenoxy) is 1. The summed E-state index contributed by atoms with van der Waals surface area (Å²) in [6, 6.07) is 15.0. The first-order valence-electron chi connectivity index (χ1n) is 7.05. The summed E-state index contributed by atoms with van der Waals surface area (Å²) >= 11 is 11.0. The van der Waals surface area contributed by atoms with Crippen LogP contribution < -0.4 is 15.4 Å². The second-order valence-corrected chi connectivity index (χ2v) is 5.76. The molecule has 2 rings (SSSR count). The molecular formula is C17H17ClN2O2S. The van der Waals surface area contributed by atoms with Gasteiger partial charge in [0, 0.05) is 11.6 Å². The Morgan fingerprint density at radius 3 is 2.65 bits per heavy atom. The minimum absolute atomic E-state index is 0.115. The van der Waals surface area contributed by atoms with Gasteiger partial charge in [0.2, 0.25) is 0 Å². The number of hydrogen-bond donors (Lipinski definition) is 2. The van der Waals surface area contributed by atoms with Gasteiger partial charge < -0.3 is 15.4 Å². The van der Waals surface area contributed by atoms with E-state index in [1.165, 1.54) is 0 Å². The molecule has 0 fully saturated rings. The SMILES string of the molecule is Cc1cc(Cl)ccc1OCC(=O)NC(=S)NCc1ccccc1. The van der Waals surface area contributed by atoms with E-state index in [-0.39, 0.29) is 17.6 Å². The third kappa shape index (κ3) is 5.88. The Balaban J connectivity index is 1.74. The van der Waals surface area contributed by atoms with Gasteiger partial charge in [-0.2, -0.15) is 0 Å². The molecule has 2 aromatic rings.